The molecule has 12 nitrogen and oxygen atoms in total. The van der Waals surface area contributed by atoms with Crippen LogP contribution in [-0.2, 0) is 38.8 Å². The molecule has 0 aliphatic rings. The molecule has 3 N–H and O–H groups in total. The first-order valence-corrected chi connectivity index (χ1v) is 13.0. The van der Waals surface area contributed by atoms with Crippen LogP contribution in [0.3, 0.4) is 0 Å². The zero-order valence-electron chi connectivity index (χ0n) is 23.7. The molecule has 0 aliphatic carbocycles. The molecule has 0 unspecified atom stereocenters. The number of aliphatic carboxylic acids is 1. The van der Waals surface area contributed by atoms with E-state index in [2.05, 4.69) is 10.3 Å². The van der Waals surface area contributed by atoms with E-state index in [4.69, 9.17) is 19.9 Å². The number of guanidine groups is 1. The predicted octanol–water partition coefficient (Wildman–Crippen LogP) is 0.106. The van der Waals surface area contributed by atoms with Gasteiger partial charge in [-0.25, -0.2) is 19.3 Å². The maximum Gasteiger partial charge on any atom is 1.00 e. The van der Waals surface area contributed by atoms with Gasteiger partial charge in [0.1, 0.15) is 19.8 Å². The van der Waals surface area contributed by atoms with Gasteiger partial charge in [0.25, 0.3) is 0 Å². The van der Waals surface area contributed by atoms with Gasteiger partial charge < -0.3 is 35.2 Å². The Balaban J connectivity index is 0.00000645. The van der Waals surface area contributed by atoms with Gasteiger partial charge in [-0.05, 0) is 29.5 Å². The molecule has 0 fully saturated rings. The van der Waals surface area contributed by atoms with Crippen LogP contribution in [-0.4, -0.2) is 47.7 Å². The summed E-state index contributed by atoms with van der Waals surface area (Å²) in [6, 6.07) is 25.2. The molecule has 0 bridgehead atoms. The number of nitrogens with zero attached hydrogens (tertiary/aromatic N) is 2. The fraction of sp³-hybridized carbons (Fsp3) is 0.233. The molecule has 3 aromatic rings. The van der Waals surface area contributed by atoms with Crippen LogP contribution in [0.2, 0.25) is 0 Å². The Morgan fingerprint density at radius 1 is 0.767 bits per heavy atom. The number of hydrogen-bond acceptors (Lipinski definition) is 8. The van der Waals surface area contributed by atoms with Crippen molar-refractivity contribution in [3.8, 4) is 0 Å². The van der Waals surface area contributed by atoms with E-state index in [9.17, 15) is 24.3 Å². The average Bonchev–Trinajstić information content (AvgIpc) is 3.00. The molecule has 0 spiro atoms. The largest absolute Gasteiger partial charge is 1.00 e. The van der Waals surface area contributed by atoms with Crippen LogP contribution in [0.5, 0.6) is 0 Å². The second-order valence-electron chi connectivity index (χ2n) is 8.92. The zero-order chi connectivity index (χ0) is 30.2. The molecule has 3 rings (SSSR count). The van der Waals surface area contributed by atoms with Crippen LogP contribution in [0.4, 0.5) is 14.4 Å². The summed E-state index contributed by atoms with van der Waals surface area (Å²) < 4.78 is 15.5. The van der Waals surface area contributed by atoms with Gasteiger partial charge in [-0.2, -0.15) is 0 Å². The fourth-order valence-electron chi connectivity index (χ4n) is 3.61. The molecule has 3 amide bonds. The quantitative estimate of drug-likeness (QED) is 0.127. The minimum atomic E-state index is -1.55. The molecular weight excluding hydrogens is 567 g/mol. The first-order chi connectivity index (χ1) is 20.3. The number of alkyl carbamates (subject to hydrolysis) is 1. The second kappa shape index (κ2) is 18.9. The van der Waals surface area contributed by atoms with Crippen molar-refractivity contribution in [3.05, 3.63) is 108 Å². The number of nitrogens with one attached hydrogen (secondary N) is 1. The van der Waals surface area contributed by atoms with Crippen molar-refractivity contribution in [3.63, 3.8) is 0 Å². The Bertz CT molecular complexity index is 1340. The summed E-state index contributed by atoms with van der Waals surface area (Å²) in [5.41, 5.74) is 8.12. The number of aliphatic imine (C=N–C) groups is 1. The monoisotopic (exact) mass is 598 g/mol. The molecule has 13 heteroatoms. The van der Waals surface area contributed by atoms with Gasteiger partial charge >= 0.3 is 47.8 Å². The summed E-state index contributed by atoms with van der Waals surface area (Å²) in [6.07, 6.45) is -3.05. The number of carboxylic acid groups (broad SMARTS) is 1. The van der Waals surface area contributed by atoms with Crippen LogP contribution in [0.25, 0.3) is 0 Å². The van der Waals surface area contributed by atoms with Crippen LogP contribution in [0.1, 0.15) is 29.5 Å². The summed E-state index contributed by atoms with van der Waals surface area (Å²) in [6.45, 7) is -0.396. The second-order valence-corrected chi connectivity index (χ2v) is 8.92. The van der Waals surface area contributed by atoms with E-state index in [1.165, 1.54) is 0 Å². The average molecular weight is 599 g/mol. The Hall–Kier alpha value is -4.39. The van der Waals surface area contributed by atoms with Crippen molar-refractivity contribution in [1.82, 2.24) is 10.2 Å². The molecule has 3 aromatic carbocycles. The van der Waals surface area contributed by atoms with Crippen molar-refractivity contribution < 1.29 is 68.1 Å². The number of rotatable bonds is 12. The topological polar surface area (TPSA) is 173 Å². The van der Waals surface area contributed by atoms with Crippen LogP contribution < -0.4 is 45.7 Å². The third-order valence-electron chi connectivity index (χ3n) is 5.78. The van der Waals surface area contributed by atoms with E-state index in [0.717, 1.165) is 16.0 Å². The van der Waals surface area contributed by atoms with Gasteiger partial charge in [-0.1, -0.05) is 91.0 Å². The van der Waals surface area contributed by atoms with Gasteiger partial charge in [-0.15, -0.1) is 4.99 Å². The van der Waals surface area contributed by atoms with E-state index in [-0.39, 0.29) is 68.8 Å². The maximum atomic E-state index is 12.9. The van der Waals surface area contributed by atoms with Gasteiger partial charge in [0.15, 0.2) is 0 Å². The molecule has 43 heavy (non-hydrogen) atoms. The van der Waals surface area contributed by atoms with Crippen LogP contribution >= 0.6 is 0 Å². The summed E-state index contributed by atoms with van der Waals surface area (Å²) in [4.78, 5) is 53.5. The van der Waals surface area contributed by atoms with Crippen molar-refractivity contribution in [2.24, 2.45) is 10.7 Å². The van der Waals surface area contributed by atoms with Gasteiger partial charge in [0.2, 0.25) is 5.96 Å². The van der Waals surface area contributed by atoms with Gasteiger partial charge in [0.05, 0.1) is 12.0 Å². The van der Waals surface area contributed by atoms with Crippen molar-refractivity contribution in [1.29, 1.82) is 0 Å². The molecule has 0 aromatic heterocycles. The molecular formula is C30H31N4NaO8. The number of carboxylic acids is 1. The first-order valence-electron chi connectivity index (χ1n) is 13.0. The maximum absolute atomic E-state index is 12.9. The minimum Gasteiger partial charge on any atom is -0.548 e. The molecule has 0 saturated heterocycles. The number of ether oxygens (including phenoxy) is 3. The predicted molar refractivity (Wildman–Crippen MR) is 149 cm³/mol. The van der Waals surface area contributed by atoms with Crippen molar-refractivity contribution in [2.75, 3.05) is 6.54 Å². The molecule has 220 valence electrons. The standard InChI is InChI=1S/C30H32N4O8.Na/c31-27(33-29(38)41-20-23-13-6-2-7-14-23)34(30(39)42-21-24-15-8-3-9-16-24)18-10-17-25(26(35)36)32-28(37)40-19-22-11-4-1-5-12-22;/h1-9,11-16,25H,10,17-21H2,(H,32,37)(H,35,36)(H2,31,33,38);/q;+1/p-1/t25-;/m0./s1. The number of benzene rings is 3. The molecule has 0 heterocycles. The smallest absolute Gasteiger partial charge is 0.548 e. The zero-order valence-corrected chi connectivity index (χ0v) is 25.7. The van der Waals surface area contributed by atoms with Crippen molar-refractivity contribution in [2.45, 2.75) is 38.7 Å². The molecule has 1 atom stereocenters. The normalized spacial score (nSPS) is 11.3. The Morgan fingerprint density at radius 2 is 1.23 bits per heavy atom. The summed E-state index contributed by atoms with van der Waals surface area (Å²) in [5.74, 6) is -2.05. The Kier molecular flexibility index (Phi) is 15.3. The fourth-order valence-corrected chi connectivity index (χ4v) is 3.61. The van der Waals surface area contributed by atoms with Crippen LogP contribution in [0, 0.1) is 0 Å². The van der Waals surface area contributed by atoms with E-state index in [1.807, 2.05) is 18.2 Å². The number of carbonyl (C=O) groups is 4. The Morgan fingerprint density at radius 3 is 1.72 bits per heavy atom. The molecule has 0 saturated carbocycles. The van der Waals surface area contributed by atoms with Crippen molar-refractivity contribution >= 4 is 30.2 Å². The SMILES string of the molecule is NC(=NC(=O)OCc1ccccc1)N(CCC[C@H](NC(=O)OCc1ccccc1)C(=O)[O-])C(=O)OCc1ccccc1.[Na+]. The number of amides is 3. The molecule has 0 radical (unpaired) electrons. The minimum absolute atomic E-state index is 0. The summed E-state index contributed by atoms with van der Waals surface area (Å²) in [7, 11) is 0. The van der Waals surface area contributed by atoms with Gasteiger partial charge in [0, 0.05) is 6.54 Å². The first kappa shape index (κ1) is 34.8. The van der Waals surface area contributed by atoms with Crippen LogP contribution in [0.15, 0.2) is 96.0 Å². The summed E-state index contributed by atoms with van der Waals surface area (Å²) in [5, 5.41) is 13.9. The third kappa shape index (κ3) is 13.0. The van der Waals surface area contributed by atoms with E-state index >= 15 is 0 Å². The van der Waals surface area contributed by atoms with E-state index < -0.39 is 36.3 Å². The van der Waals surface area contributed by atoms with Gasteiger partial charge in [-0.3, -0.25) is 0 Å². The van der Waals surface area contributed by atoms with E-state index in [1.54, 1.807) is 72.8 Å². The summed E-state index contributed by atoms with van der Waals surface area (Å²) >= 11 is 0. The Labute approximate surface area is 271 Å². The molecule has 0 aliphatic heterocycles. The number of hydrogen-bond donors (Lipinski definition) is 2. The number of nitrogens with two attached hydrogens (primary N) is 1. The third-order valence-corrected chi connectivity index (χ3v) is 5.78. The van der Waals surface area contributed by atoms with E-state index in [0.29, 0.717) is 5.56 Å². The number of carbonyl (C=O) groups excluding carboxylic acids is 4.